The number of esters is 1. The topological polar surface area (TPSA) is 83.3 Å². The van der Waals surface area contributed by atoms with Gasteiger partial charge in [-0.25, -0.2) is 4.79 Å². The van der Waals surface area contributed by atoms with Crippen LogP contribution in [0.5, 0.6) is 0 Å². The lowest BCUT2D eigenvalue weighted by molar-refractivity contribution is -0.138. The molecule has 1 fully saturated rings. The third-order valence-corrected chi connectivity index (χ3v) is 4.52. The van der Waals surface area contributed by atoms with E-state index >= 15 is 0 Å². The van der Waals surface area contributed by atoms with E-state index in [1.165, 1.54) is 4.90 Å². The monoisotopic (exact) mass is 351 g/mol. The Kier molecular flexibility index (Phi) is 5.17. The molecule has 1 aliphatic carbocycles. The quantitative estimate of drug-likeness (QED) is 0.747. The summed E-state index contributed by atoms with van der Waals surface area (Å²) in [5.41, 5.74) is 2.10. The van der Waals surface area contributed by atoms with Crippen LogP contribution in [0.1, 0.15) is 48.2 Å². The number of hydrogen-bond donors (Lipinski definition) is 0. The minimum absolute atomic E-state index is 0.239. The Morgan fingerprint density at radius 3 is 2.81 bits per heavy atom. The van der Waals surface area contributed by atoms with Crippen molar-refractivity contribution < 1.29 is 14.3 Å². The van der Waals surface area contributed by atoms with Crippen LogP contribution in [0.3, 0.4) is 0 Å². The van der Waals surface area contributed by atoms with Crippen LogP contribution in [0, 0.1) is 11.3 Å². The standard InChI is InChI=1S/C20H21N3O3/c1-13(19(24)23(2)11-5-10-21)26-20(25)16-12-18(14-8-9-14)22-17-7-4-3-6-15(16)17/h3-4,6-7,12-14H,5,8-9,11H2,1-2H3/t13-/m0/s1. The van der Waals surface area contributed by atoms with Crippen LogP contribution in [0.25, 0.3) is 10.9 Å². The van der Waals surface area contributed by atoms with Crippen molar-refractivity contribution >= 4 is 22.8 Å². The molecule has 0 N–H and O–H groups in total. The van der Waals surface area contributed by atoms with E-state index in [9.17, 15) is 9.59 Å². The first kappa shape index (κ1) is 17.9. The van der Waals surface area contributed by atoms with Crippen LogP contribution >= 0.6 is 0 Å². The molecule has 6 nitrogen and oxygen atoms in total. The maximum Gasteiger partial charge on any atom is 0.339 e. The first-order valence-electron chi connectivity index (χ1n) is 8.74. The Hall–Kier alpha value is -2.94. The fourth-order valence-electron chi connectivity index (χ4n) is 2.87. The second-order valence-corrected chi connectivity index (χ2v) is 6.60. The summed E-state index contributed by atoms with van der Waals surface area (Å²) in [5.74, 6) is -0.447. The second-order valence-electron chi connectivity index (χ2n) is 6.60. The molecule has 0 saturated heterocycles. The van der Waals surface area contributed by atoms with Gasteiger partial charge in [-0.3, -0.25) is 9.78 Å². The molecule has 2 aromatic rings. The highest BCUT2D eigenvalue weighted by Crippen LogP contribution is 2.40. The molecule has 134 valence electrons. The van der Waals surface area contributed by atoms with Gasteiger partial charge in [-0.05, 0) is 31.9 Å². The highest BCUT2D eigenvalue weighted by molar-refractivity contribution is 6.04. The predicted octanol–water partition coefficient (Wildman–Crippen LogP) is 3.03. The zero-order valence-corrected chi connectivity index (χ0v) is 14.9. The number of fused-ring (bicyclic) bond motifs is 1. The van der Waals surface area contributed by atoms with Crippen LogP contribution in [-0.2, 0) is 9.53 Å². The maximum atomic E-state index is 12.7. The molecule has 0 radical (unpaired) electrons. The smallest absolute Gasteiger partial charge is 0.339 e. The normalized spacial score (nSPS) is 14.5. The fraction of sp³-hybridized carbons (Fsp3) is 0.400. The number of nitrogens with zero attached hydrogens (tertiary/aromatic N) is 3. The zero-order chi connectivity index (χ0) is 18.7. The van der Waals surface area contributed by atoms with Gasteiger partial charge in [0.1, 0.15) is 0 Å². The minimum Gasteiger partial charge on any atom is -0.449 e. The van der Waals surface area contributed by atoms with Crippen molar-refractivity contribution in [2.45, 2.75) is 38.2 Å². The molecular weight excluding hydrogens is 330 g/mol. The average molecular weight is 351 g/mol. The molecule has 26 heavy (non-hydrogen) atoms. The van der Waals surface area contributed by atoms with E-state index in [1.54, 1.807) is 20.0 Å². The Labute approximate surface area is 152 Å². The number of pyridine rings is 1. The summed E-state index contributed by atoms with van der Waals surface area (Å²) in [7, 11) is 1.59. The number of ether oxygens (including phenoxy) is 1. The van der Waals surface area contributed by atoms with Gasteiger partial charge in [0.05, 0.1) is 23.6 Å². The third-order valence-electron chi connectivity index (χ3n) is 4.52. The molecule has 6 heteroatoms. The van der Waals surface area contributed by atoms with E-state index in [4.69, 9.17) is 10.00 Å². The Morgan fingerprint density at radius 2 is 2.12 bits per heavy atom. The third kappa shape index (κ3) is 3.83. The predicted molar refractivity (Wildman–Crippen MR) is 96.5 cm³/mol. The molecular formula is C20H21N3O3. The van der Waals surface area contributed by atoms with Gasteiger partial charge in [-0.15, -0.1) is 0 Å². The first-order valence-corrected chi connectivity index (χ1v) is 8.74. The summed E-state index contributed by atoms with van der Waals surface area (Å²) in [4.78, 5) is 31.1. The number of para-hydroxylation sites is 1. The number of likely N-dealkylation sites (N-methyl/N-ethyl adjacent to an activating group) is 1. The fourth-order valence-corrected chi connectivity index (χ4v) is 2.87. The van der Waals surface area contributed by atoms with Gasteiger partial charge in [0.2, 0.25) is 0 Å². The Morgan fingerprint density at radius 1 is 1.38 bits per heavy atom. The average Bonchev–Trinajstić information content (AvgIpc) is 3.49. The van der Waals surface area contributed by atoms with Crippen molar-refractivity contribution in [1.82, 2.24) is 9.88 Å². The molecule has 3 rings (SSSR count). The number of rotatable bonds is 6. The highest BCUT2D eigenvalue weighted by Gasteiger charge is 2.28. The largest absolute Gasteiger partial charge is 0.449 e. The summed E-state index contributed by atoms with van der Waals surface area (Å²) in [6.45, 7) is 1.86. The summed E-state index contributed by atoms with van der Waals surface area (Å²) < 4.78 is 5.42. The van der Waals surface area contributed by atoms with Gasteiger partial charge in [0, 0.05) is 30.6 Å². The lowest BCUT2D eigenvalue weighted by atomic mass is 10.1. The van der Waals surface area contributed by atoms with E-state index in [1.807, 2.05) is 30.3 Å². The summed E-state index contributed by atoms with van der Waals surface area (Å²) in [6, 6.07) is 11.2. The molecule has 0 aliphatic heterocycles. The SMILES string of the molecule is C[C@H](OC(=O)c1cc(C2CC2)nc2ccccc12)C(=O)N(C)CCC#N. The van der Waals surface area contributed by atoms with E-state index in [0.717, 1.165) is 29.4 Å². The number of benzene rings is 1. The lowest BCUT2D eigenvalue weighted by Crippen LogP contribution is -2.38. The number of hydrogen-bond acceptors (Lipinski definition) is 5. The number of carbonyl (C=O) groups excluding carboxylic acids is 2. The molecule has 1 aliphatic rings. The molecule has 1 atom stereocenters. The maximum absolute atomic E-state index is 12.7. The van der Waals surface area contributed by atoms with Gasteiger partial charge >= 0.3 is 5.97 Å². The van der Waals surface area contributed by atoms with Crippen LogP contribution in [0.2, 0.25) is 0 Å². The van der Waals surface area contributed by atoms with Gasteiger partial charge < -0.3 is 9.64 Å². The number of aromatic nitrogens is 1. The number of amides is 1. The molecule has 0 spiro atoms. The van der Waals surface area contributed by atoms with Crippen LogP contribution in [-0.4, -0.2) is 41.5 Å². The van der Waals surface area contributed by atoms with Crippen LogP contribution < -0.4 is 0 Å². The van der Waals surface area contributed by atoms with Crippen molar-refractivity contribution in [3.63, 3.8) is 0 Å². The van der Waals surface area contributed by atoms with E-state index in [-0.39, 0.29) is 12.3 Å². The molecule has 1 aromatic carbocycles. The molecule has 1 saturated carbocycles. The Bertz CT molecular complexity index is 883. The Balaban J connectivity index is 1.81. The molecule has 1 heterocycles. The van der Waals surface area contributed by atoms with Gasteiger partial charge in [0.15, 0.2) is 6.10 Å². The van der Waals surface area contributed by atoms with Crippen molar-refractivity contribution in [1.29, 1.82) is 5.26 Å². The van der Waals surface area contributed by atoms with Gasteiger partial charge in [0.25, 0.3) is 5.91 Å². The van der Waals surface area contributed by atoms with Crippen molar-refractivity contribution in [2.24, 2.45) is 0 Å². The molecule has 1 amide bonds. The summed E-state index contributed by atoms with van der Waals surface area (Å²) in [6.07, 6.45) is 1.49. The second kappa shape index (κ2) is 7.52. The number of carbonyl (C=O) groups is 2. The highest BCUT2D eigenvalue weighted by atomic mass is 16.5. The number of nitriles is 1. The van der Waals surface area contributed by atoms with E-state index < -0.39 is 12.1 Å². The van der Waals surface area contributed by atoms with Crippen molar-refractivity contribution in [3.8, 4) is 6.07 Å². The molecule has 0 unspecified atom stereocenters. The van der Waals surface area contributed by atoms with Gasteiger partial charge in [-0.2, -0.15) is 5.26 Å². The molecule has 1 aromatic heterocycles. The minimum atomic E-state index is -0.914. The van der Waals surface area contributed by atoms with Crippen molar-refractivity contribution in [2.75, 3.05) is 13.6 Å². The molecule has 0 bridgehead atoms. The zero-order valence-electron chi connectivity index (χ0n) is 14.9. The summed E-state index contributed by atoms with van der Waals surface area (Å²) in [5, 5.41) is 9.35. The first-order chi connectivity index (χ1) is 12.5. The van der Waals surface area contributed by atoms with Crippen LogP contribution in [0.15, 0.2) is 30.3 Å². The van der Waals surface area contributed by atoms with Gasteiger partial charge in [-0.1, -0.05) is 18.2 Å². The van der Waals surface area contributed by atoms with Crippen LogP contribution in [0.4, 0.5) is 0 Å². The van der Waals surface area contributed by atoms with E-state index in [2.05, 4.69) is 4.98 Å². The lowest BCUT2D eigenvalue weighted by Gasteiger charge is -2.20. The van der Waals surface area contributed by atoms with E-state index in [0.29, 0.717) is 18.0 Å². The van der Waals surface area contributed by atoms with Crippen molar-refractivity contribution in [3.05, 3.63) is 41.6 Å². The summed E-state index contributed by atoms with van der Waals surface area (Å²) >= 11 is 0.